The highest BCUT2D eigenvalue weighted by Crippen LogP contribution is 2.34. The highest BCUT2D eigenvalue weighted by Gasteiger charge is 2.32. The molecule has 2 heteroatoms. The van der Waals surface area contributed by atoms with E-state index in [-0.39, 0.29) is 0 Å². The van der Waals surface area contributed by atoms with E-state index in [0.717, 1.165) is 18.4 Å². The Balaban J connectivity index is 1.68. The summed E-state index contributed by atoms with van der Waals surface area (Å²) in [6.45, 7) is 3.24. The minimum atomic E-state index is 0.612. The minimum Gasteiger partial charge on any atom is -0.383 e. The number of nitrogens with one attached hydrogen (secondary N) is 1. The zero-order chi connectivity index (χ0) is 11.4. The Morgan fingerprint density at radius 2 is 1.88 bits per heavy atom. The zero-order valence-electron chi connectivity index (χ0n) is 10.9. The van der Waals surface area contributed by atoms with Gasteiger partial charge in [0, 0.05) is 19.2 Å². The third kappa shape index (κ3) is 3.74. The van der Waals surface area contributed by atoms with Crippen LogP contribution in [0.4, 0.5) is 0 Å². The van der Waals surface area contributed by atoms with E-state index in [1.165, 1.54) is 44.9 Å². The smallest absolute Gasteiger partial charge is 0.0618 e. The Morgan fingerprint density at radius 1 is 1.19 bits per heavy atom. The van der Waals surface area contributed by atoms with Gasteiger partial charge < -0.3 is 10.1 Å². The van der Waals surface area contributed by atoms with E-state index in [1.807, 2.05) is 7.11 Å². The van der Waals surface area contributed by atoms with E-state index in [9.17, 15) is 0 Å². The van der Waals surface area contributed by atoms with Crippen LogP contribution in [0.1, 0.15) is 51.9 Å². The van der Waals surface area contributed by atoms with Gasteiger partial charge in [-0.05, 0) is 38.0 Å². The van der Waals surface area contributed by atoms with E-state index in [2.05, 4.69) is 12.2 Å². The van der Waals surface area contributed by atoms with Crippen molar-refractivity contribution in [3.63, 3.8) is 0 Å². The van der Waals surface area contributed by atoms with Crippen molar-refractivity contribution in [1.82, 2.24) is 5.32 Å². The van der Waals surface area contributed by atoms with Crippen LogP contribution in [0.2, 0.25) is 0 Å². The quantitative estimate of drug-likeness (QED) is 0.719. The summed E-state index contributed by atoms with van der Waals surface area (Å²) in [4.78, 5) is 0. The molecule has 0 aliphatic heterocycles. The lowest BCUT2D eigenvalue weighted by molar-refractivity contribution is 0.149. The van der Waals surface area contributed by atoms with Gasteiger partial charge in [0.15, 0.2) is 0 Å². The second kappa shape index (κ2) is 6.02. The molecule has 0 aromatic rings. The van der Waals surface area contributed by atoms with Crippen LogP contribution in [-0.4, -0.2) is 25.8 Å². The van der Waals surface area contributed by atoms with Crippen LogP contribution < -0.4 is 5.32 Å². The molecule has 0 aromatic heterocycles. The SMILES string of the molecule is COCC(NC(C)CC1CCCC1)C1CC1. The van der Waals surface area contributed by atoms with Crippen molar-refractivity contribution in [2.75, 3.05) is 13.7 Å². The summed E-state index contributed by atoms with van der Waals surface area (Å²) in [6.07, 6.45) is 10.0. The third-order valence-electron chi connectivity index (χ3n) is 4.20. The van der Waals surface area contributed by atoms with Gasteiger partial charge in [0.25, 0.3) is 0 Å². The molecular weight excluding hydrogens is 198 g/mol. The number of hydrogen-bond donors (Lipinski definition) is 1. The van der Waals surface area contributed by atoms with Crippen molar-refractivity contribution in [3.8, 4) is 0 Å². The lowest BCUT2D eigenvalue weighted by Gasteiger charge is -2.24. The molecule has 0 heterocycles. The van der Waals surface area contributed by atoms with Crippen molar-refractivity contribution in [3.05, 3.63) is 0 Å². The molecule has 0 bridgehead atoms. The van der Waals surface area contributed by atoms with Gasteiger partial charge in [-0.25, -0.2) is 0 Å². The fraction of sp³-hybridized carbons (Fsp3) is 1.00. The molecule has 0 saturated heterocycles. The monoisotopic (exact) mass is 225 g/mol. The van der Waals surface area contributed by atoms with Gasteiger partial charge in [0.1, 0.15) is 0 Å². The molecule has 2 unspecified atom stereocenters. The predicted octanol–water partition coefficient (Wildman–Crippen LogP) is 2.97. The maximum Gasteiger partial charge on any atom is 0.0618 e. The average Bonchev–Trinajstić information content (AvgIpc) is 2.98. The highest BCUT2D eigenvalue weighted by atomic mass is 16.5. The van der Waals surface area contributed by atoms with Crippen LogP contribution in [0, 0.1) is 11.8 Å². The van der Waals surface area contributed by atoms with Crippen LogP contribution in [-0.2, 0) is 4.74 Å². The molecule has 2 atom stereocenters. The summed E-state index contributed by atoms with van der Waals surface area (Å²) < 4.78 is 5.31. The van der Waals surface area contributed by atoms with E-state index in [0.29, 0.717) is 12.1 Å². The second-order valence-electron chi connectivity index (χ2n) is 5.85. The van der Waals surface area contributed by atoms with Crippen LogP contribution in [0.25, 0.3) is 0 Å². The summed E-state index contributed by atoms with van der Waals surface area (Å²) in [5.41, 5.74) is 0. The molecule has 0 radical (unpaired) electrons. The lowest BCUT2D eigenvalue weighted by atomic mass is 9.98. The Morgan fingerprint density at radius 3 is 2.44 bits per heavy atom. The molecule has 2 saturated carbocycles. The van der Waals surface area contributed by atoms with Gasteiger partial charge in [-0.1, -0.05) is 25.7 Å². The van der Waals surface area contributed by atoms with E-state index < -0.39 is 0 Å². The van der Waals surface area contributed by atoms with Gasteiger partial charge >= 0.3 is 0 Å². The van der Waals surface area contributed by atoms with E-state index in [4.69, 9.17) is 4.74 Å². The summed E-state index contributed by atoms with van der Waals surface area (Å²) >= 11 is 0. The van der Waals surface area contributed by atoms with Crippen molar-refractivity contribution in [2.45, 2.75) is 64.0 Å². The molecule has 2 aliphatic carbocycles. The van der Waals surface area contributed by atoms with Crippen molar-refractivity contribution < 1.29 is 4.74 Å². The molecule has 2 nitrogen and oxygen atoms in total. The summed E-state index contributed by atoms with van der Waals surface area (Å²) in [6, 6.07) is 1.28. The van der Waals surface area contributed by atoms with Crippen molar-refractivity contribution in [1.29, 1.82) is 0 Å². The molecule has 0 amide bonds. The summed E-state index contributed by atoms with van der Waals surface area (Å²) in [7, 11) is 1.82. The summed E-state index contributed by atoms with van der Waals surface area (Å²) in [5.74, 6) is 1.89. The Labute approximate surface area is 100 Å². The average molecular weight is 225 g/mol. The van der Waals surface area contributed by atoms with E-state index in [1.54, 1.807) is 0 Å². The minimum absolute atomic E-state index is 0.612. The van der Waals surface area contributed by atoms with Crippen LogP contribution in [0.15, 0.2) is 0 Å². The van der Waals surface area contributed by atoms with Gasteiger partial charge in [0.2, 0.25) is 0 Å². The molecule has 2 rings (SSSR count). The van der Waals surface area contributed by atoms with Crippen LogP contribution >= 0.6 is 0 Å². The Hall–Kier alpha value is -0.0800. The second-order valence-corrected chi connectivity index (χ2v) is 5.85. The third-order valence-corrected chi connectivity index (χ3v) is 4.20. The van der Waals surface area contributed by atoms with Gasteiger partial charge in [-0.15, -0.1) is 0 Å². The molecule has 0 aromatic carbocycles. The first-order valence-corrected chi connectivity index (χ1v) is 7.04. The van der Waals surface area contributed by atoms with Crippen LogP contribution in [0.5, 0.6) is 0 Å². The molecule has 1 N–H and O–H groups in total. The van der Waals surface area contributed by atoms with Crippen LogP contribution in [0.3, 0.4) is 0 Å². The largest absolute Gasteiger partial charge is 0.383 e. The Bertz CT molecular complexity index is 197. The normalized spacial score (nSPS) is 25.9. The fourth-order valence-corrected chi connectivity index (χ4v) is 3.18. The first-order valence-electron chi connectivity index (χ1n) is 7.04. The first kappa shape index (κ1) is 12.4. The number of hydrogen-bond acceptors (Lipinski definition) is 2. The Kier molecular flexibility index (Phi) is 4.66. The predicted molar refractivity (Wildman–Crippen MR) is 67.6 cm³/mol. The topological polar surface area (TPSA) is 21.3 Å². The zero-order valence-corrected chi connectivity index (χ0v) is 10.9. The number of methoxy groups -OCH3 is 1. The van der Waals surface area contributed by atoms with Crippen molar-refractivity contribution >= 4 is 0 Å². The summed E-state index contributed by atoms with van der Waals surface area (Å²) in [5, 5.41) is 3.78. The maximum atomic E-state index is 5.31. The number of ether oxygens (including phenoxy) is 1. The molecular formula is C14H27NO. The van der Waals surface area contributed by atoms with Gasteiger partial charge in [-0.3, -0.25) is 0 Å². The maximum absolute atomic E-state index is 5.31. The molecule has 2 aliphatic rings. The molecule has 16 heavy (non-hydrogen) atoms. The fourth-order valence-electron chi connectivity index (χ4n) is 3.18. The van der Waals surface area contributed by atoms with Gasteiger partial charge in [0.05, 0.1) is 6.61 Å². The number of rotatable bonds is 7. The first-order chi connectivity index (χ1) is 7.79. The van der Waals surface area contributed by atoms with Gasteiger partial charge in [-0.2, -0.15) is 0 Å². The molecule has 0 spiro atoms. The lowest BCUT2D eigenvalue weighted by Crippen LogP contribution is -2.41. The molecule has 2 fully saturated rings. The highest BCUT2D eigenvalue weighted by molar-refractivity contribution is 4.88. The standard InChI is InChI=1S/C14H27NO/c1-11(9-12-5-3-4-6-12)15-14(10-16-2)13-7-8-13/h11-15H,3-10H2,1-2H3. The molecule has 94 valence electrons. The van der Waals surface area contributed by atoms with E-state index >= 15 is 0 Å². The van der Waals surface area contributed by atoms with Crippen molar-refractivity contribution in [2.24, 2.45) is 11.8 Å².